The van der Waals surface area contributed by atoms with E-state index in [1.807, 2.05) is 0 Å². The molecular formula is C24H19F4NO5S. The van der Waals surface area contributed by atoms with E-state index in [0.717, 1.165) is 10.5 Å². The number of anilines is 1. The quantitative estimate of drug-likeness (QED) is 0.359. The first-order valence-electron chi connectivity index (χ1n) is 10.4. The van der Waals surface area contributed by atoms with Crippen molar-refractivity contribution in [3.63, 3.8) is 0 Å². The van der Waals surface area contributed by atoms with Crippen LogP contribution in [0.2, 0.25) is 0 Å². The number of para-hydroxylation sites is 2. The van der Waals surface area contributed by atoms with Crippen molar-refractivity contribution < 1.29 is 39.7 Å². The minimum Gasteiger partial charge on any atom is -0.484 e. The van der Waals surface area contributed by atoms with Gasteiger partial charge in [-0.3, -0.25) is 8.98 Å². The van der Waals surface area contributed by atoms with Gasteiger partial charge in [-0.2, -0.15) is 21.6 Å². The first kappa shape index (κ1) is 24.7. The zero-order valence-corrected chi connectivity index (χ0v) is 19.1. The van der Waals surface area contributed by atoms with Crippen LogP contribution < -0.4 is 9.64 Å². The summed E-state index contributed by atoms with van der Waals surface area (Å²) >= 11 is 0. The maximum absolute atomic E-state index is 13.9. The third-order valence-corrected chi connectivity index (χ3v) is 6.57. The molecule has 35 heavy (non-hydrogen) atoms. The number of hydrogen-bond donors (Lipinski definition) is 0. The van der Waals surface area contributed by atoms with E-state index >= 15 is 0 Å². The summed E-state index contributed by atoms with van der Waals surface area (Å²) in [6, 6.07) is 13.8. The second-order valence-electron chi connectivity index (χ2n) is 7.90. The molecule has 0 saturated carbocycles. The summed E-state index contributed by atoms with van der Waals surface area (Å²) in [5.74, 6) is -1.92. The monoisotopic (exact) mass is 509 g/mol. The highest BCUT2D eigenvalue weighted by Crippen LogP contribution is 2.36. The van der Waals surface area contributed by atoms with E-state index in [-0.39, 0.29) is 22.9 Å². The van der Waals surface area contributed by atoms with Crippen molar-refractivity contribution >= 4 is 21.7 Å². The Labute approximate surface area is 198 Å². The number of benzene rings is 3. The van der Waals surface area contributed by atoms with Gasteiger partial charge in [-0.15, -0.1) is 0 Å². The highest BCUT2D eigenvalue weighted by molar-refractivity contribution is 7.86. The second kappa shape index (κ2) is 9.31. The van der Waals surface area contributed by atoms with Crippen LogP contribution in [0.5, 0.6) is 5.75 Å². The molecule has 1 amide bonds. The lowest BCUT2D eigenvalue weighted by Crippen LogP contribution is -2.45. The van der Waals surface area contributed by atoms with E-state index in [4.69, 9.17) is 8.92 Å². The lowest BCUT2D eigenvalue weighted by atomic mass is 10.1. The molecule has 1 unspecified atom stereocenters. The number of amides is 1. The topological polar surface area (TPSA) is 72.9 Å². The summed E-state index contributed by atoms with van der Waals surface area (Å²) in [6.45, 7) is 1.09. The summed E-state index contributed by atoms with van der Waals surface area (Å²) in [5, 5.41) is 0. The summed E-state index contributed by atoms with van der Waals surface area (Å²) in [5.41, 5.74) is -0.711. The van der Waals surface area contributed by atoms with Crippen LogP contribution in [0, 0.1) is 12.7 Å². The number of hydrogen-bond acceptors (Lipinski definition) is 5. The predicted octanol–water partition coefficient (Wildman–Crippen LogP) is 4.97. The molecule has 3 aromatic rings. The van der Waals surface area contributed by atoms with Crippen molar-refractivity contribution in [1.82, 2.24) is 0 Å². The maximum atomic E-state index is 13.9. The van der Waals surface area contributed by atoms with Crippen molar-refractivity contribution in [2.75, 3.05) is 18.1 Å². The molecule has 6 nitrogen and oxygen atoms in total. The molecule has 1 atom stereocenters. The lowest BCUT2D eigenvalue weighted by molar-refractivity contribution is -0.137. The van der Waals surface area contributed by atoms with Gasteiger partial charge in [0.05, 0.1) is 22.7 Å². The number of ether oxygens (including phenoxy) is 1. The van der Waals surface area contributed by atoms with Crippen LogP contribution in [-0.2, 0) is 20.5 Å². The average Bonchev–Trinajstić information content (AvgIpc) is 2.81. The number of alkyl halides is 3. The summed E-state index contributed by atoms with van der Waals surface area (Å²) < 4.78 is 89.3. The van der Waals surface area contributed by atoms with Crippen LogP contribution >= 0.6 is 0 Å². The Kier molecular flexibility index (Phi) is 6.56. The minimum absolute atomic E-state index is 0.0633. The van der Waals surface area contributed by atoms with Crippen LogP contribution in [0.3, 0.4) is 0 Å². The molecule has 0 fully saturated rings. The standard InChI is InChI=1S/C24H19F4NO5S/c1-15-6-8-20(9-7-15)35(31,32)33-14-19-13-29(21-4-2-3-5-22(21)34-19)23(30)16-10-17(24(26,27)28)12-18(25)11-16/h2-12,19H,13-14H2,1H3. The van der Waals surface area contributed by atoms with Gasteiger partial charge in [-0.05, 0) is 49.4 Å². The number of carbonyl (C=O) groups is 1. The van der Waals surface area contributed by atoms with E-state index in [2.05, 4.69) is 0 Å². The molecule has 0 aliphatic carbocycles. The van der Waals surface area contributed by atoms with Crippen LogP contribution in [0.25, 0.3) is 0 Å². The fourth-order valence-corrected chi connectivity index (χ4v) is 4.49. The van der Waals surface area contributed by atoms with Gasteiger partial charge in [0, 0.05) is 5.56 Å². The van der Waals surface area contributed by atoms with Gasteiger partial charge in [0.1, 0.15) is 24.3 Å². The SMILES string of the molecule is Cc1ccc(S(=O)(=O)OCC2CN(C(=O)c3cc(F)cc(C(F)(F)F)c3)c3ccccc3O2)cc1. The van der Waals surface area contributed by atoms with E-state index in [1.165, 1.54) is 24.3 Å². The molecule has 1 aliphatic heterocycles. The van der Waals surface area contributed by atoms with Gasteiger partial charge in [0.25, 0.3) is 16.0 Å². The molecule has 1 aliphatic rings. The maximum Gasteiger partial charge on any atom is 0.416 e. The van der Waals surface area contributed by atoms with Gasteiger partial charge < -0.3 is 9.64 Å². The summed E-state index contributed by atoms with van der Waals surface area (Å²) in [4.78, 5) is 14.2. The Bertz CT molecular complexity index is 1360. The van der Waals surface area contributed by atoms with Crippen molar-refractivity contribution in [1.29, 1.82) is 0 Å². The van der Waals surface area contributed by atoms with Crippen LogP contribution in [0.15, 0.2) is 71.6 Å². The smallest absolute Gasteiger partial charge is 0.416 e. The molecule has 0 bridgehead atoms. The largest absolute Gasteiger partial charge is 0.484 e. The fraction of sp³-hybridized carbons (Fsp3) is 0.208. The van der Waals surface area contributed by atoms with Gasteiger partial charge >= 0.3 is 6.18 Å². The molecule has 3 aromatic carbocycles. The van der Waals surface area contributed by atoms with E-state index in [0.29, 0.717) is 18.2 Å². The highest BCUT2D eigenvalue weighted by Gasteiger charge is 2.35. The summed E-state index contributed by atoms with van der Waals surface area (Å²) in [7, 11) is -4.13. The third-order valence-electron chi connectivity index (χ3n) is 5.27. The third kappa shape index (κ3) is 5.46. The number of rotatable bonds is 5. The lowest BCUT2D eigenvalue weighted by Gasteiger charge is -2.34. The van der Waals surface area contributed by atoms with Crippen molar-refractivity contribution in [2.24, 2.45) is 0 Å². The molecule has 0 N–H and O–H groups in total. The van der Waals surface area contributed by atoms with Crippen LogP contribution in [0.1, 0.15) is 21.5 Å². The normalized spacial score (nSPS) is 15.9. The van der Waals surface area contributed by atoms with E-state index < -0.39 is 51.9 Å². The Hall–Kier alpha value is -3.44. The zero-order chi connectivity index (χ0) is 25.4. The van der Waals surface area contributed by atoms with Gasteiger partial charge in [0.15, 0.2) is 0 Å². The first-order valence-corrected chi connectivity index (χ1v) is 11.8. The van der Waals surface area contributed by atoms with Gasteiger partial charge in [0.2, 0.25) is 0 Å². The van der Waals surface area contributed by atoms with Crippen molar-refractivity contribution in [2.45, 2.75) is 24.1 Å². The Morgan fingerprint density at radius 1 is 1.09 bits per heavy atom. The minimum atomic E-state index is -4.85. The molecule has 0 spiro atoms. The van der Waals surface area contributed by atoms with Crippen molar-refractivity contribution in [3.05, 3.63) is 89.2 Å². The Balaban J connectivity index is 1.59. The predicted molar refractivity (Wildman–Crippen MR) is 118 cm³/mol. The van der Waals surface area contributed by atoms with Gasteiger partial charge in [-0.25, -0.2) is 4.39 Å². The fourth-order valence-electron chi connectivity index (χ4n) is 3.55. The molecule has 1 heterocycles. The number of nitrogens with zero attached hydrogens (tertiary/aromatic N) is 1. The van der Waals surface area contributed by atoms with Crippen LogP contribution in [0.4, 0.5) is 23.2 Å². The molecule has 11 heteroatoms. The highest BCUT2D eigenvalue weighted by atomic mass is 32.2. The first-order chi connectivity index (χ1) is 16.4. The summed E-state index contributed by atoms with van der Waals surface area (Å²) in [6.07, 6.45) is -5.81. The molecule has 184 valence electrons. The molecular weight excluding hydrogens is 490 g/mol. The number of carbonyl (C=O) groups excluding carboxylic acids is 1. The number of fused-ring (bicyclic) bond motifs is 1. The second-order valence-corrected chi connectivity index (χ2v) is 9.52. The Morgan fingerprint density at radius 3 is 2.46 bits per heavy atom. The average molecular weight is 509 g/mol. The molecule has 0 aromatic heterocycles. The zero-order valence-electron chi connectivity index (χ0n) is 18.3. The van der Waals surface area contributed by atoms with E-state index in [1.54, 1.807) is 31.2 Å². The van der Waals surface area contributed by atoms with E-state index in [9.17, 15) is 30.8 Å². The van der Waals surface area contributed by atoms with Crippen LogP contribution in [-0.4, -0.2) is 33.6 Å². The molecule has 0 saturated heterocycles. The number of halogens is 4. The Morgan fingerprint density at radius 2 is 1.77 bits per heavy atom. The molecule has 0 radical (unpaired) electrons. The van der Waals surface area contributed by atoms with Gasteiger partial charge in [-0.1, -0.05) is 29.8 Å². The number of aryl methyl sites for hydroxylation is 1. The molecule has 4 rings (SSSR count). The van der Waals surface area contributed by atoms with Crippen molar-refractivity contribution in [3.8, 4) is 5.75 Å².